The smallest absolute Gasteiger partial charge is 0.270 e. The number of hydrogen-bond donors (Lipinski definition) is 0. The number of piperazine rings is 1. The van der Waals surface area contributed by atoms with Crippen molar-refractivity contribution in [1.29, 1.82) is 0 Å². The van der Waals surface area contributed by atoms with Crippen LogP contribution in [0, 0.1) is 0 Å². The molecule has 2 aliphatic heterocycles. The van der Waals surface area contributed by atoms with Crippen molar-refractivity contribution in [3.05, 3.63) is 42.2 Å². The first-order valence-electron chi connectivity index (χ1n) is 10.3. The predicted octanol–water partition coefficient (Wildman–Crippen LogP) is 1.02. The number of aryl methyl sites for hydroxylation is 1. The summed E-state index contributed by atoms with van der Waals surface area (Å²) >= 11 is 0. The third-order valence-corrected chi connectivity index (χ3v) is 7.68. The Morgan fingerprint density at radius 3 is 2.26 bits per heavy atom. The second-order valence-corrected chi connectivity index (χ2v) is 9.60. The Labute approximate surface area is 182 Å². The molecule has 2 saturated heterocycles. The normalized spacial score (nSPS) is 18.3. The van der Waals surface area contributed by atoms with Crippen LogP contribution >= 0.6 is 0 Å². The molecule has 31 heavy (non-hydrogen) atoms. The zero-order valence-electron chi connectivity index (χ0n) is 17.9. The molecule has 0 N–H and O–H groups in total. The first kappa shape index (κ1) is 21.7. The van der Waals surface area contributed by atoms with Crippen molar-refractivity contribution >= 4 is 21.6 Å². The van der Waals surface area contributed by atoms with Crippen LogP contribution in [0.1, 0.15) is 10.5 Å². The van der Waals surface area contributed by atoms with Gasteiger partial charge in [-0.1, -0.05) is 0 Å². The fourth-order valence-electron chi connectivity index (χ4n) is 3.95. The van der Waals surface area contributed by atoms with Gasteiger partial charge in [-0.15, -0.1) is 0 Å². The number of aromatic nitrogens is 1. The molecular formula is C21H28N4O5S. The molecule has 0 radical (unpaired) electrons. The summed E-state index contributed by atoms with van der Waals surface area (Å²) in [7, 11) is -0.288. The number of rotatable bonds is 5. The Morgan fingerprint density at radius 2 is 1.65 bits per heavy atom. The van der Waals surface area contributed by atoms with Crippen molar-refractivity contribution in [2.75, 3.05) is 64.5 Å². The van der Waals surface area contributed by atoms with Crippen LogP contribution in [0.3, 0.4) is 0 Å². The van der Waals surface area contributed by atoms with Crippen molar-refractivity contribution < 1.29 is 22.7 Å². The van der Waals surface area contributed by atoms with Gasteiger partial charge in [-0.05, 0) is 30.3 Å². The minimum absolute atomic E-state index is 0.150. The molecule has 1 aromatic carbocycles. The molecule has 1 aromatic heterocycles. The van der Waals surface area contributed by atoms with E-state index in [9.17, 15) is 13.2 Å². The van der Waals surface area contributed by atoms with Gasteiger partial charge in [0.2, 0.25) is 10.0 Å². The molecule has 168 valence electrons. The van der Waals surface area contributed by atoms with Gasteiger partial charge in [0.25, 0.3) is 5.91 Å². The largest absolute Gasteiger partial charge is 0.497 e. The van der Waals surface area contributed by atoms with Gasteiger partial charge in [-0.2, -0.15) is 4.31 Å². The molecule has 0 saturated carbocycles. The lowest BCUT2D eigenvalue weighted by molar-refractivity contribution is 0.0729. The quantitative estimate of drug-likeness (QED) is 0.679. The lowest BCUT2D eigenvalue weighted by atomic mass is 10.2. The van der Waals surface area contributed by atoms with Gasteiger partial charge < -0.3 is 23.8 Å². The summed E-state index contributed by atoms with van der Waals surface area (Å²) in [5.41, 5.74) is 1.47. The summed E-state index contributed by atoms with van der Waals surface area (Å²) in [6.45, 7) is 3.99. The topological polar surface area (TPSA) is 84.3 Å². The lowest BCUT2D eigenvalue weighted by Gasteiger charge is -2.36. The van der Waals surface area contributed by atoms with E-state index in [1.807, 2.05) is 24.3 Å². The number of sulfonamides is 1. The Hall–Kier alpha value is -2.56. The average Bonchev–Trinajstić information content (AvgIpc) is 3.22. The van der Waals surface area contributed by atoms with E-state index < -0.39 is 10.0 Å². The minimum Gasteiger partial charge on any atom is -0.497 e. The summed E-state index contributed by atoms with van der Waals surface area (Å²) in [5.74, 6) is 0.657. The molecule has 0 unspecified atom stereocenters. The van der Waals surface area contributed by atoms with E-state index >= 15 is 0 Å². The molecule has 10 heteroatoms. The highest BCUT2D eigenvalue weighted by atomic mass is 32.2. The van der Waals surface area contributed by atoms with E-state index in [4.69, 9.17) is 9.47 Å². The van der Waals surface area contributed by atoms with Crippen LogP contribution < -0.4 is 9.64 Å². The number of nitrogens with zero attached hydrogens (tertiary/aromatic N) is 4. The molecule has 3 heterocycles. The molecule has 0 bridgehead atoms. The maximum atomic E-state index is 13.1. The number of anilines is 1. The molecule has 0 aliphatic carbocycles. The Morgan fingerprint density at radius 1 is 1.00 bits per heavy atom. The second kappa shape index (κ2) is 8.89. The minimum atomic E-state index is -3.64. The molecule has 9 nitrogen and oxygen atoms in total. The van der Waals surface area contributed by atoms with Crippen LogP contribution in [0.5, 0.6) is 5.75 Å². The maximum absolute atomic E-state index is 13.1. The Bertz CT molecular complexity index is 1020. The van der Waals surface area contributed by atoms with Gasteiger partial charge in [0.05, 0.1) is 20.3 Å². The van der Waals surface area contributed by atoms with Crippen LogP contribution in [0.25, 0.3) is 0 Å². The van der Waals surface area contributed by atoms with Crippen LogP contribution in [0.15, 0.2) is 41.4 Å². The summed E-state index contributed by atoms with van der Waals surface area (Å²) < 4.78 is 39.3. The number of methoxy groups -OCH3 is 1. The van der Waals surface area contributed by atoms with Gasteiger partial charge in [0, 0.05) is 58.2 Å². The summed E-state index contributed by atoms with van der Waals surface area (Å²) in [6.07, 6.45) is 1.52. The van der Waals surface area contributed by atoms with Crippen LogP contribution in [0.2, 0.25) is 0 Å². The number of benzene rings is 1. The van der Waals surface area contributed by atoms with Crippen molar-refractivity contribution in [1.82, 2.24) is 13.8 Å². The number of morpholine rings is 1. The van der Waals surface area contributed by atoms with Gasteiger partial charge in [0.1, 0.15) is 16.3 Å². The molecule has 2 aliphatic rings. The first-order chi connectivity index (χ1) is 14.9. The average molecular weight is 449 g/mol. The third-order valence-electron chi connectivity index (χ3n) is 5.81. The molecule has 0 atom stereocenters. The molecule has 4 rings (SSSR count). The van der Waals surface area contributed by atoms with Gasteiger partial charge in [0.15, 0.2) is 0 Å². The molecule has 0 spiro atoms. The van der Waals surface area contributed by atoms with E-state index in [1.54, 1.807) is 23.6 Å². The van der Waals surface area contributed by atoms with Crippen molar-refractivity contribution in [3.63, 3.8) is 0 Å². The highest BCUT2D eigenvalue weighted by molar-refractivity contribution is 7.89. The fourth-order valence-corrected chi connectivity index (χ4v) is 5.43. The van der Waals surface area contributed by atoms with E-state index in [0.717, 1.165) is 11.4 Å². The van der Waals surface area contributed by atoms with Crippen molar-refractivity contribution in [2.24, 2.45) is 7.05 Å². The van der Waals surface area contributed by atoms with Crippen molar-refractivity contribution in [3.8, 4) is 5.75 Å². The van der Waals surface area contributed by atoms with E-state index in [-0.39, 0.29) is 10.8 Å². The monoisotopic (exact) mass is 448 g/mol. The predicted molar refractivity (Wildman–Crippen MR) is 116 cm³/mol. The molecular weight excluding hydrogens is 420 g/mol. The third kappa shape index (κ3) is 4.41. The number of amides is 1. The fraction of sp³-hybridized carbons (Fsp3) is 0.476. The van der Waals surface area contributed by atoms with Crippen LogP contribution in [0.4, 0.5) is 5.69 Å². The highest BCUT2D eigenvalue weighted by Crippen LogP contribution is 2.23. The highest BCUT2D eigenvalue weighted by Gasteiger charge is 2.30. The number of ether oxygens (including phenoxy) is 2. The zero-order chi connectivity index (χ0) is 22.0. The van der Waals surface area contributed by atoms with E-state index in [1.165, 1.54) is 16.6 Å². The van der Waals surface area contributed by atoms with Crippen LogP contribution in [-0.4, -0.2) is 87.7 Å². The summed E-state index contributed by atoms with van der Waals surface area (Å²) in [4.78, 5) is 17.3. The zero-order valence-corrected chi connectivity index (χ0v) is 18.7. The van der Waals surface area contributed by atoms with E-state index in [0.29, 0.717) is 58.2 Å². The van der Waals surface area contributed by atoms with E-state index in [2.05, 4.69) is 4.90 Å². The summed E-state index contributed by atoms with van der Waals surface area (Å²) in [6, 6.07) is 9.36. The molecule has 2 fully saturated rings. The number of hydrogen-bond acceptors (Lipinski definition) is 6. The number of carbonyl (C=O) groups excluding carboxylic acids is 1. The number of carbonyl (C=O) groups is 1. The molecule has 1 amide bonds. The maximum Gasteiger partial charge on any atom is 0.270 e. The van der Waals surface area contributed by atoms with Gasteiger partial charge in [-0.25, -0.2) is 8.42 Å². The second-order valence-electron chi connectivity index (χ2n) is 7.67. The first-order valence-corrected chi connectivity index (χ1v) is 11.8. The lowest BCUT2D eigenvalue weighted by Crippen LogP contribution is -2.49. The summed E-state index contributed by atoms with van der Waals surface area (Å²) in [5, 5.41) is 0. The molecule has 2 aromatic rings. The van der Waals surface area contributed by atoms with Crippen molar-refractivity contribution in [2.45, 2.75) is 4.90 Å². The van der Waals surface area contributed by atoms with Crippen LogP contribution in [-0.2, 0) is 21.8 Å². The van der Waals surface area contributed by atoms with Gasteiger partial charge in [-0.3, -0.25) is 4.79 Å². The standard InChI is InChI=1S/C21H28N4O5S/c1-22-16-19(31(27,28)25-11-13-30-14-12-25)15-20(22)21(26)24-9-7-23(8-10-24)17-3-5-18(29-2)6-4-17/h3-6,15-16H,7-14H2,1-2H3. The van der Waals surface area contributed by atoms with Gasteiger partial charge >= 0.3 is 0 Å². The Kier molecular flexibility index (Phi) is 6.22. The Balaban J connectivity index is 1.43. The SMILES string of the molecule is COc1ccc(N2CCN(C(=O)c3cc(S(=O)(=O)N4CCOCC4)cn3C)CC2)cc1.